The standard InChI is InChI=1S/C21H26N2O2/c1-14-10-12-17(13-11-14)20(25)23(21(4,5)6)22-19(24)18-9-7-8-15(2)16(18)3/h7-13H,1-6H3,(H,22,24). The Kier molecular flexibility index (Phi) is 5.31. The average Bonchev–Trinajstić information content (AvgIpc) is 2.54. The van der Waals surface area contributed by atoms with E-state index in [1.807, 2.05) is 65.8 Å². The van der Waals surface area contributed by atoms with E-state index in [4.69, 9.17) is 0 Å². The minimum absolute atomic E-state index is 0.230. The van der Waals surface area contributed by atoms with Crippen molar-refractivity contribution in [1.82, 2.24) is 10.4 Å². The second kappa shape index (κ2) is 7.09. The van der Waals surface area contributed by atoms with Crippen molar-refractivity contribution in [2.24, 2.45) is 0 Å². The minimum atomic E-state index is -0.560. The van der Waals surface area contributed by atoms with Gasteiger partial charge in [0, 0.05) is 11.1 Å². The second-order valence-corrected chi connectivity index (χ2v) is 7.37. The van der Waals surface area contributed by atoms with Gasteiger partial charge in [0.15, 0.2) is 0 Å². The summed E-state index contributed by atoms with van der Waals surface area (Å²) in [6, 6.07) is 12.9. The first-order chi connectivity index (χ1) is 11.6. The van der Waals surface area contributed by atoms with Crippen LogP contribution in [0.25, 0.3) is 0 Å². The zero-order chi connectivity index (χ0) is 18.8. The summed E-state index contributed by atoms with van der Waals surface area (Å²) in [4.78, 5) is 25.7. The van der Waals surface area contributed by atoms with Crippen molar-refractivity contribution >= 4 is 11.8 Å². The van der Waals surface area contributed by atoms with Crippen LogP contribution in [0.15, 0.2) is 42.5 Å². The number of rotatable bonds is 2. The van der Waals surface area contributed by atoms with Gasteiger partial charge in [-0.1, -0.05) is 29.8 Å². The average molecular weight is 338 g/mol. The number of aryl methyl sites for hydroxylation is 2. The van der Waals surface area contributed by atoms with Crippen molar-refractivity contribution in [2.75, 3.05) is 0 Å². The van der Waals surface area contributed by atoms with Gasteiger partial charge in [-0.25, -0.2) is 5.01 Å². The van der Waals surface area contributed by atoms with Gasteiger partial charge in [-0.15, -0.1) is 0 Å². The van der Waals surface area contributed by atoms with Crippen LogP contribution >= 0.6 is 0 Å². The topological polar surface area (TPSA) is 49.4 Å². The molecule has 0 aliphatic rings. The monoisotopic (exact) mass is 338 g/mol. The maximum Gasteiger partial charge on any atom is 0.272 e. The number of hydrazine groups is 1. The molecule has 0 spiro atoms. The maximum atomic E-state index is 12.9. The van der Waals surface area contributed by atoms with Crippen molar-refractivity contribution < 1.29 is 9.59 Å². The summed E-state index contributed by atoms with van der Waals surface area (Å²) >= 11 is 0. The fourth-order valence-corrected chi connectivity index (χ4v) is 2.51. The smallest absolute Gasteiger partial charge is 0.267 e. The number of nitrogens with one attached hydrogen (secondary N) is 1. The number of carbonyl (C=O) groups is 2. The number of hydrogen-bond donors (Lipinski definition) is 1. The SMILES string of the molecule is Cc1ccc(C(=O)N(NC(=O)c2cccc(C)c2C)C(C)(C)C)cc1. The Hall–Kier alpha value is -2.62. The number of amides is 2. The van der Waals surface area contributed by atoms with Crippen LogP contribution in [0.3, 0.4) is 0 Å². The lowest BCUT2D eigenvalue weighted by atomic mass is 10.0. The minimum Gasteiger partial charge on any atom is -0.267 e. The molecule has 1 N–H and O–H groups in total. The molecule has 0 bridgehead atoms. The molecule has 0 aliphatic heterocycles. The Morgan fingerprint density at radius 1 is 0.920 bits per heavy atom. The lowest BCUT2D eigenvalue weighted by Gasteiger charge is -2.35. The summed E-state index contributed by atoms with van der Waals surface area (Å²) in [5.74, 6) is -0.511. The molecule has 0 aromatic heterocycles. The third kappa shape index (κ3) is 4.27. The zero-order valence-electron chi connectivity index (χ0n) is 15.8. The van der Waals surface area contributed by atoms with Crippen LogP contribution in [-0.4, -0.2) is 22.4 Å². The van der Waals surface area contributed by atoms with E-state index in [2.05, 4.69) is 5.43 Å². The molecular weight excluding hydrogens is 312 g/mol. The highest BCUT2D eigenvalue weighted by Crippen LogP contribution is 2.18. The van der Waals surface area contributed by atoms with Crippen molar-refractivity contribution in [3.05, 3.63) is 70.3 Å². The number of nitrogens with zero attached hydrogens (tertiary/aromatic N) is 1. The third-order valence-corrected chi connectivity index (χ3v) is 4.24. The zero-order valence-corrected chi connectivity index (χ0v) is 15.8. The van der Waals surface area contributed by atoms with E-state index in [9.17, 15) is 9.59 Å². The Bertz CT molecular complexity index is 787. The molecule has 0 saturated heterocycles. The molecule has 4 nitrogen and oxygen atoms in total. The van der Waals surface area contributed by atoms with E-state index in [-0.39, 0.29) is 11.8 Å². The molecule has 25 heavy (non-hydrogen) atoms. The quantitative estimate of drug-likeness (QED) is 0.835. The van der Waals surface area contributed by atoms with Gasteiger partial charge in [0.25, 0.3) is 11.8 Å². The van der Waals surface area contributed by atoms with E-state index >= 15 is 0 Å². The first kappa shape index (κ1) is 18.7. The molecule has 0 aliphatic carbocycles. The van der Waals surface area contributed by atoms with Gasteiger partial charge in [0.1, 0.15) is 0 Å². The van der Waals surface area contributed by atoms with Crippen molar-refractivity contribution in [3.63, 3.8) is 0 Å². The molecule has 0 unspecified atom stereocenters. The number of hydrogen-bond acceptors (Lipinski definition) is 2. The van der Waals surface area contributed by atoms with Gasteiger partial charge < -0.3 is 0 Å². The molecule has 132 valence electrons. The lowest BCUT2D eigenvalue weighted by Crippen LogP contribution is -2.56. The van der Waals surface area contributed by atoms with E-state index in [1.165, 1.54) is 5.01 Å². The predicted molar refractivity (Wildman–Crippen MR) is 100 cm³/mol. The summed E-state index contributed by atoms with van der Waals surface area (Å²) in [6.45, 7) is 11.5. The van der Waals surface area contributed by atoms with Crippen molar-refractivity contribution in [2.45, 2.75) is 47.1 Å². The Labute approximate surface area is 149 Å². The highest BCUT2D eigenvalue weighted by molar-refractivity contribution is 6.00. The second-order valence-electron chi connectivity index (χ2n) is 7.37. The van der Waals surface area contributed by atoms with Crippen molar-refractivity contribution in [3.8, 4) is 0 Å². The maximum absolute atomic E-state index is 12.9. The Morgan fingerprint density at radius 3 is 2.08 bits per heavy atom. The first-order valence-electron chi connectivity index (χ1n) is 8.39. The highest BCUT2D eigenvalue weighted by atomic mass is 16.2. The Morgan fingerprint density at radius 2 is 1.52 bits per heavy atom. The molecule has 0 saturated carbocycles. The van der Waals surface area contributed by atoms with Crippen LogP contribution in [0.5, 0.6) is 0 Å². The van der Waals surface area contributed by atoms with Crippen LogP contribution < -0.4 is 5.43 Å². The molecule has 4 heteroatoms. The molecule has 0 fully saturated rings. The molecule has 2 rings (SSSR count). The molecular formula is C21H26N2O2. The van der Waals surface area contributed by atoms with Crippen LogP contribution in [0.4, 0.5) is 0 Å². The molecule has 2 aromatic rings. The first-order valence-corrected chi connectivity index (χ1v) is 8.39. The van der Waals surface area contributed by atoms with E-state index in [0.29, 0.717) is 11.1 Å². The molecule has 0 heterocycles. The largest absolute Gasteiger partial charge is 0.272 e. The van der Waals surface area contributed by atoms with E-state index in [1.54, 1.807) is 18.2 Å². The molecule has 2 amide bonds. The summed E-state index contributed by atoms with van der Waals surface area (Å²) in [5.41, 5.74) is 6.39. The fraction of sp³-hybridized carbons (Fsp3) is 0.333. The van der Waals surface area contributed by atoms with E-state index in [0.717, 1.165) is 16.7 Å². The van der Waals surface area contributed by atoms with Gasteiger partial charge in [-0.05, 0) is 70.9 Å². The third-order valence-electron chi connectivity index (χ3n) is 4.24. The number of carbonyl (C=O) groups excluding carboxylic acids is 2. The van der Waals surface area contributed by atoms with Gasteiger partial charge in [0.05, 0.1) is 5.54 Å². The van der Waals surface area contributed by atoms with Crippen LogP contribution in [0.1, 0.15) is 58.2 Å². The summed E-state index contributed by atoms with van der Waals surface area (Å²) in [5, 5.41) is 1.40. The summed E-state index contributed by atoms with van der Waals surface area (Å²) in [7, 11) is 0. The number of benzene rings is 2. The van der Waals surface area contributed by atoms with Gasteiger partial charge in [-0.3, -0.25) is 15.0 Å². The Balaban J connectivity index is 2.32. The lowest BCUT2D eigenvalue weighted by molar-refractivity contribution is 0.0358. The fourth-order valence-electron chi connectivity index (χ4n) is 2.51. The predicted octanol–water partition coefficient (Wildman–Crippen LogP) is 4.20. The highest BCUT2D eigenvalue weighted by Gasteiger charge is 2.30. The molecule has 2 aromatic carbocycles. The van der Waals surface area contributed by atoms with Crippen LogP contribution in [0, 0.1) is 20.8 Å². The summed E-state index contributed by atoms with van der Waals surface area (Å²) in [6.07, 6.45) is 0. The molecule has 0 atom stereocenters. The van der Waals surface area contributed by atoms with Crippen LogP contribution in [-0.2, 0) is 0 Å². The molecule has 0 radical (unpaired) electrons. The van der Waals surface area contributed by atoms with Gasteiger partial charge in [-0.2, -0.15) is 0 Å². The summed E-state index contributed by atoms with van der Waals surface area (Å²) < 4.78 is 0. The normalized spacial score (nSPS) is 11.1. The van der Waals surface area contributed by atoms with Gasteiger partial charge in [0.2, 0.25) is 0 Å². The van der Waals surface area contributed by atoms with Crippen LogP contribution in [0.2, 0.25) is 0 Å². The van der Waals surface area contributed by atoms with E-state index < -0.39 is 5.54 Å². The van der Waals surface area contributed by atoms with Gasteiger partial charge >= 0.3 is 0 Å². The van der Waals surface area contributed by atoms with Crippen molar-refractivity contribution in [1.29, 1.82) is 0 Å².